The van der Waals surface area contributed by atoms with E-state index in [4.69, 9.17) is 4.74 Å². The van der Waals surface area contributed by atoms with Gasteiger partial charge in [0.25, 0.3) is 0 Å². The highest BCUT2D eigenvalue weighted by Crippen LogP contribution is 2.11. The van der Waals surface area contributed by atoms with Gasteiger partial charge in [0.1, 0.15) is 9.84 Å². The molecule has 1 heterocycles. The first-order valence-corrected chi connectivity index (χ1v) is 8.55. The second-order valence-corrected chi connectivity index (χ2v) is 6.44. The molecule has 0 atom stereocenters. The lowest BCUT2D eigenvalue weighted by Crippen LogP contribution is -2.17. The Bertz CT molecular complexity index is 521. The molecular weight excluding hydrogens is 282 g/mol. The zero-order valence-electron chi connectivity index (χ0n) is 12.0. The Morgan fingerprint density at radius 2 is 1.65 bits per heavy atom. The van der Waals surface area contributed by atoms with E-state index >= 15 is 0 Å². The third kappa shape index (κ3) is 6.50. The van der Waals surface area contributed by atoms with Gasteiger partial charge in [-0.2, -0.15) is 15.0 Å². The molecule has 20 heavy (non-hydrogen) atoms. The van der Waals surface area contributed by atoms with Gasteiger partial charge < -0.3 is 15.4 Å². The number of aromatic nitrogens is 3. The van der Waals surface area contributed by atoms with E-state index in [1.54, 1.807) is 0 Å². The maximum absolute atomic E-state index is 11.1. The van der Waals surface area contributed by atoms with Crippen LogP contribution in [0.2, 0.25) is 0 Å². The Hall–Kier alpha value is -1.64. The third-order valence-electron chi connectivity index (χ3n) is 2.18. The van der Waals surface area contributed by atoms with Crippen molar-refractivity contribution in [3.63, 3.8) is 0 Å². The molecule has 0 aromatic carbocycles. The Kier molecular flexibility index (Phi) is 6.43. The van der Waals surface area contributed by atoms with Crippen LogP contribution >= 0.6 is 0 Å². The number of anilines is 2. The third-order valence-corrected chi connectivity index (χ3v) is 3.12. The van der Waals surface area contributed by atoms with E-state index in [-0.39, 0.29) is 18.3 Å². The number of rotatable bonds is 9. The van der Waals surface area contributed by atoms with Crippen LogP contribution in [0.15, 0.2) is 0 Å². The van der Waals surface area contributed by atoms with Crippen LogP contribution in [-0.4, -0.2) is 55.1 Å². The molecule has 0 radical (unpaired) electrons. The van der Waals surface area contributed by atoms with Gasteiger partial charge in [0.05, 0.1) is 12.4 Å². The van der Waals surface area contributed by atoms with Crippen LogP contribution in [-0.2, 0) is 9.84 Å². The molecule has 0 fully saturated rings. The highest BCUT2D eigenvalue weighted by Gasteiger charge is 2.08. The molecule has 0 aliphatic carbocycles. The average molecular weight is 303 g/mol. The van der Waals surface area contributed by atoms with E-state index in [1.165, 1.54) is 6.26 Å². The Morgan fingerprint density at radius 1 is 1.05 bits per heavy atom. The number of ether oxygens (including phenoxy) is 1. The quantitative estimate of drug-likeness (QED) is 0.681. The lowest BCUT2D eigenvalue weighted by molar-refractivity contribution is 0.312. The van der Waals surface area contributed by atoms with Crippen molar-refractivity contribution in [3.8, 4) is 6.01 Å². The minimum absolute atomic E-state index is 0.0143. The van der Waals surface area contributed by atoms with Crippen LogP contribution in [0.5, 0.6) is 6.01 Å². The fourth-order valence-electron chi connectivity index (χ4n) is 1.29. The SMILES string of the molecule is CCCNc1nc(NCCS(C)(=O)=O)nc(OCC)n1. The molecular formula is C11H21N5O3S. The fourth-order valence-corrected chi connectivity index (χ4v) is 1.77. The molecule has 0 amide bonds. The molecule has 0 unspecified atom stereocenters. The summed E-state index contributed by atoms with van der Waals surface area (Å²) in [5.41, 5.74) is 0. The normalized spacial score (nSPS) is 11.2. The zero-order valence-corrected chi connectivity index (χ0v) is 12.8. The first-order chi connectivity index (χ1) is 9.44. The van der Waals surface area contributed by atoms with E-state index in [0.29, 0.717) is 18.5 Å². The highest BCUT2D eigenvalue weighted by molar-refractivity contribution is 7.90. The summed E-state index contributed by atoms with van der Waals surface area (Å²) in [7, 11) is -3.02. The topological polar surface area (TPSA) is 106 Å². The van der Waals surface area contributed by atoms with Crippen LogP contribution in [0, 0.1) is 0 Å². The largest absolute Gasteiger partial charge is 0.464 e. The average Bonchev–Trinajstić information content (AvgIpc) is 2.35. The predicted octanol–water partition coefficient (Wildman–Crippen LogP) is 0.549. The Balaban J connectivity index is 2.74. The summed E-state index contributed by atoms with van der Waals surface area (Å²) < 4.78 is 27.4. The van der Waals surface area contributed by atoms with Crippen LogP contribution in [0.4, 0.5) is 11.9 Å². The van der Waals surface area contributed by atoms with Crippen molar-refractivity contribution in [1.82, 2.24) is 15.0 Å². The molecule has 1 rings (SSSR count). The second kappa shape index (κ2) is 7.83. The molecule has 0 bridgehead atoms. The van der Waals surface area contributed by atoms with Crippen molar-refractivity contribution < 1.29 is 13.2 Å². The summed E-state index contributed by atoms with van der Waals surface area (Å²) >= 11 is 0. The van der Waals surface area contributed by atoms with Crippen LogP contribution in [0.25, 0.3) is 0 Å². The molecule has 1 aromatic rings. The molecule has 0 spiro atoms. The van der Waals surface area contributed by atoms with Gasteiger partial charge in [-0.1, -0.05) is 6.92 Å². The number of sulfone groups is 1. The van der Waals surface area contributed by atoms with Gasteiger partial charge in [0.15, 0.2) is 0 Å². The van der Waals surface area contributed by atoms with E-state index in [0.717, 1.165) is 13.0 Å². The lowest BCUT2D eigenvalue weighted by Gasteiger charge is -2.09. The maximum atomic E-state index is 11.1. The van der Waals surface area contributed by atoms with E-state index in [2.05, 4.69) is 25.6 Å². The van der Waals surface area contributed by atoms with E-state index in [1.807, 2.05) is 13.8 Å². The Morgan fingerprint density at radius 3 is 2.15 bits per heavy atom. The molecule has 0 aliphatic heterocycles. The van der Waals surface area contributed by atoms with Crippen molar-refractivity contribution in [3.05, 3.63) is 0 Å². The van der Waals surface area contributed by atoms with Crippen molar-refractivity contribution >= 4 is 21.7 Å². The van der Waals surface area contributed by atoms with Gasteiger partial charge >= 0.3 is 6.01 Å². The Labute approximate surface area is 119 Å². The van der Waals surface area contributed by atoms with Crippen molar-refractivity contribution in [1.29, 1.82) is 0 Å². The van der Waals surface area contributed by atoms with E-state index in [9.17, 15) is 8.42 Å². The summed E-state index contributed by atoms with van der Waals surface area (Å²) in [6, 6.07) is 0.211. The van der Waals surface area contributed by atoms with Crippen LogP contribution in [0.1, 0.15) is 20.3 Å². The van der Waals surface area contributed by atoms with Gasteiger partial charge in [0, 0.05) is 19.3 Å². The number of hydrogen-bond donors (Lipinski definition) is 2. The summed E-state index contributed by atoms with van der Waals surface area (Å²) in [6.45, 7) is 5.28. The first kappa shape index (κ1) is 16.4. The molecule has 0 aliphatic rings. The zero-order chi connectivity index (χ0) is 15.0. The molecule has 9 heteroatoms. The van der Waals surface area contributed by atoms with Gasteiger partial charge in [-0.05, 0) is 13.3 Å². The summed E-state index contributed by atoms with van der Waals surface area (Å²) in [5.74, 6) is 0.721. The summed E-state index contributed by atoms with van der Waals surface area (Å²) in [6.07, 6.45) is 2.12. The van der Waals surface area contributed by atoms with Crippen LogP contribution < -0.4 is 15.4 Å². The van der Waals surface area contributed by atoms with Crippen molar-refractivity contribution in [2.45, 2.75) is 20.3 Å². The monoisotopic (exact) mass is 303 g/mol. The van der Waals surface area contributed by atoms with Crippen LogP contribution in [0.3, 0.4) is 0 Å². The predicted molar refractivity (Wildman–Crippen MR) is 78.0 cm³/mol. The molecule has 8 nitrogen and oxygen atoms in total. The van der Waals surface area contributed by atoms with Gasteiger partial charge in [-0.15, -0.1) is 0 Å². The fraction of sp³-hybridized carbons (Fsp3) is 0.727. The minimum Gasteiger partial charge on any atom is -0.464 e. The molecule has 0 saturated heterocycles. The number of nitrogens with zero attached hydrogens (tertiary/aromatic N) is 3. The second-order valence-electron chi connectivity index (χ2n) is 4.18. The van der Waals surface area contributed by atoms with Gasteiger partial charge in [-0.25, -0.2) is 8.42 Å². The standard InChI is InChI=1S/C11H21N5O3S/c1-4-6-12-9-14-10(13-7-8-20(3,17)18)16-11(15-9)19-5-2/h4-8H2,1-3H3,(H2,12,13,14,15,16). The number of nitrogens with one attached hydrogen (secondary N) is 2. The van der Waals surface area contributed by atoms with E-state index < -0.39 is 9.84 Å². The van der Waals surface area contributed by atoms with Crippen molar-refractivity contribution in [2.75, 3.05) is 42.3 Å². The minimum atomic E-state index is -3.02. The van der Waals surface area contributed by atoms with Crippen molar-refractivity contribution in [2.24, 2.45) is 0 Å². The number of hydrogen-bond acceptors (Lipinski definition) is 8. The molecule has 0 saturated carbocycles. The molecule has 2 N–H and O–H groups in total. The van der Waals surface area contributed by atoms with Gasteiger partial charge in [-0.3, -0.25) is 0 Å². The highest BCUT2D eigenvalue weighted by atomic mass is 32.2. The maximum Gasteiger partial charge on any atom is 0.323 e. The first-order valence-electron chi connectivity index (χ1n) is 6.49. The smallest absolute Gasteiger partial charge is 0.323 e. The summed E-state index contributed by atoms with van der Waals surface area (Å²) in [5, 5.41) is 5.90. The molecule has 1 aromatic heterocycles. The lowest BCUT2D eigenvalue weighted by atomic mass is 10.5. The molecule has 114 valence electrons. The summed E-state index contributed by atoms with van der Waals surface area (Å²) in [4.78, 5) is 12.3. The van der Waals surface area contributed by atoms with Gasteiger partial charge in [0.2, 0.25) is 11.9 Å².